The van der Waals surface area contributed by atoms with E-state index in [4.69, 9.17) is 11.6 Å². The molecule has 0 unspecified atom stereocenters. The molecule has 0 saturated carbocycles. The summed E-state index contributed by atoms with van der Waals surface area (Å²) in [6.07, 6.45) is 5.63. The van der Waals surface area contributed by atoms with Gasteiger partial charge >= 0.3 is 0 Å². The Morgan fingerprint density at radius 2 is 1.94 bits per heavy atom. The second kappa shape index (κ2) is 10.5. The number of nitrogens with zero attached hydrogens (tertiary/aromatic N) is 5. The van der Waals surface area contributed by atoms with Crippen LogP contribution >= 0.6 is 0 Å². The zero-order chi connectivity index (χ0) is 22.2. The van der Waals surface area contributed by atoms with E-state index in [2.05, 4.69) is 27.1 Å². The quantitative estimate of drug-likeness (QED) is 0.171. The van der Waals surface area contributed by atoms with Crippen LogP contribution in [0.1, 0.15) is 67.1 Å². The molecule has 0 radical (unpaired) electrons. The zero-order valence-electron chi connectivity index (χ0n) is 18.1. The standard InChI is InChI=1S/C23H29N7O/c1-3-5-13-30-21(27-23(29-30)20(31)8-4-2)14-16-11-12-19(26-15-16)17-9-6-7-10-18(17)22(24)28-25/h6-7,9-12,15H,3-5,8,13-14,25H2,1-2H3,(H2,24,28). The molecule has 3 rings (SSSR count). The summed E-state index contributed by atoms with van der Waals surface area (Å²) in [6, 6.07) is 11.5. The summed E-state index contributed by atoms with van der Waals surface area (Å²) < 4.78 is 1.86. The van der Waals surface area contributed by atoms with Crippen LogP contribution in [0.2, 0.25) is 0 Å². The van der Waals surface area contributed by atoms with Crippen molar-refractivity contribution in [2.24, 2.45) is 16.7 Å². The Labute approximate surface area is 182 Å². The first-order valence-electron chi connectivity index (χ1n) is 10.6. The fraction of sp³-hybridized carbons (Fsp3) is 0.348. The predicted molar refractivity (Wildman–Crippen MR) is 122 cm³/mol. The van der Waals surface area contributed by atoms with Crippen molar-refractivity contribution in [3.63, 3.8) is 0 Å². The van der Waals surface area contributed by atoms with Crippen molar-refractivity contribution >= 4 is 11.6 Å². The molecule has 4 N–H and O–H groups in total. The summed E-state index contributed by atoms with van der Waals surface area (Å²) in [5, 5.41) is 8.07. The fourth-order valence-corrected chi connectivity index (χ4v) is 3.32. The lowest BCUT2D eigenvalue weighted by atomic mass is 10.0. The highest BCUT2D eigenvalue weighted by Crippen LogP contribution is 2.22. The number of amidine groups is 1. The van der Waals surface area contributed by atoms with E-state index < -0.39 is 0 Å². The zero-order valence-corrected chi connectivity index (χ0v) is 18.1. The van der Waals surface area contributed by atoms with Gasteiger partial charge in [0.15, 0.2) is 5.84 Å². The van der Waals surface area contributed by atoms with Crippen molar-refractivity contribution in [3.05, 3.63) is 65.4 Å². The van der Waals surface area contributed by atoms with Gasteiger partial charge in [0.1, 0.15) is 5.82 Å². The number of benzene rings is 1. The van der Waals surface area contributed by atoms with Gasteiger partial charge in [0.25, 0.3) is 0 Å². The van der Waals surface area contributed by atoms with E-state index in [-0.39, 0.29) is 11.6 Å². The highest BCUT2D eigenvalue weighted by molar-refractivity contribution is 6.02. The number of aryl methyl sites for hydroxylation is 1. The van der Waals surface area contributed by atoms with Crippen molar-refractivity contribution in [3.8, 4) is 11.3 Å². The van der Waals surface area contributed by atoms with E-state index >= 15 is 0 Å². The highest BCUT2D eigenvalue weighted by Gasteiger charge is 2.16. The normalized spacial score (nSPS) is 11.6. The SMILES string of the molecule is CCCCn1nc(C(=O)CCC)nc1Cc1ccc(-c2ccccc2/C(N)=N/N)nc1. The Kier molecular flexibility index (Phi) is 7.48. The summed E-state index contributed by atoms with van der Waals surface area (Å²) in [6.45, 7) is 4.85. The van der Waals surface area contributed by atoms with E-state index in [1.165, 1.54) is 0 Å². The first kappa shape index (κ1) is 22.1. The predicted octanol–water partition coefficient (Wildman–Crippen LogP) is 3.29. The number of nitrogens with two attached hydrogens (primary N) is 2. The Balaban J connectivity index is 1.85. The van der Waals surface area contributed by atoms with Gasteiger partial charge in [-0.15, -0.1) is 5.10 Å². The molecule has 0 atom stereocenters. The minimum atomic E-state index is -0.0109. The number of carbonyl (C=O) groups excluding carboxylic acids is 1. The molecular weight excluding hydrogens is 390 g/mol. The Bertz CT molecular complexity index is 1050. The number of hydrazone groups is 1. The van der Waals surface area contributed by atoms with Crippen LogP contribution in [0.4, 0.5) is 0 Å². The number of pyridine rings is 1. The molecule has 162 valence electrons. The van der Waals surface area contributed by atoms with Crippen LogP contribution in [0.3, 0.4) is 0 Å². The maximum Gasteiger partial charge on any atom is 0.217 e. The van der Waals surface area contributed by atoms with Crippen molar-refractivity contribution < 1.29 is 4.79 Å². The number of ketones is 1. The monoisotopic (exact) mass is 419 g/mol. The van der Waals surface area contributed by atoms with Crippen LogP contribution < -0.4 is 11.6 Å². The summed E-state index contributed by atoms with van der Waals surface area (Å²) in [5.74, 6) is 6.69. The number of unbranched alkanes of at least 4 members (excludes halogenated alkanes) is 1. The van der Waals surface area contributed by atoms with Gasteiger partial charge in [-0.25, -0.2) is 9.67 Å². The number of carbonyl (C=O) groups is 1. The second-order valence-electron chi connectivity index (χ2n) is 7.39. The number of Topliss-reactive ketones (excluding diaryl/α,β-unsaturated/α-hetero) is 1. The maximum absolute atomic E-state index is 12.3. The molecule has 0 amide bonds. The van der Waals surface area contributed by atoms with E-state index in [1.807, 2.05) is 54.2 Å². The summed E-state index contributed by atoms with van der Waals surface area (Å²) in [4.78, 5) is 21.4. The van der Waals surface area contributed by atoms with Gasteiger partial charge in [-0.05, 0) is 24.5 Å². The van der Waals surface area contributed by atoms with Crippen LogP contribution in [-0.4, -0.2) is 31.4 Å². The number of hydrogen-bond acceptors (Lipinski definition) is 6. The first-order valence-corrected chi connectivity index (χ1v) is 10.6. The lowest BCUT2D eigenvalue weighted by Crippen LogP contribution is -2.16. The van der Waals surface area contributed by atoms with Gasteiger partial charge in [0.2, 0.25) is 11.6 Å². The second-order valence-corrected chi connectivity index (χ2v) is 7.39. The Morgan fingerprint density at radius 1 is 1.13 bits per heavy atom. The lowest BCUT2D eigenvalue weighted by molar-refractivity contribution is 0.0971. The molecule has 0 aliphatic rings. The molecular formula is C23H29N7O. The van der Waals surface area contributed by atoms with Crippen molar-refractivity contribution in [2.45, 2.75) is 52.5 Å². The van der Waals surface area contributed by atoms with Crippen LogP contribution in [0.5, 0.6) is 0 Å². The molecule has 0 spiro atoms. The molecule has 3 aromatic rings. The smallest absolute Gasteiger partial charge is 0.217 e. The number of hydrogen-bond donors (Lipinski definition) is 2. The third-order valence-electron chi connectivity index (χ3n) is 5.00. The third kappa shape index (κ3) is 5.33. The molecule has 2 heterocycles. The molecule has 8 nitrogen and oxygen atoms in total. The highest BCUT2D eigenvalue weighted by atomic mass is 16.1. The Morgan fingerprint density at radius 3 is 2.61 bits per heavy atom. The van der Waals surface area contributed by atoms with Crippen LogP contribution in [0.15, 0.2) is 47.7 Å². The average molecular weight is 420 g/mol. The van der Waals surface area contributed by atoms with Crippen LogP contribution in [0, 0.1) is 0 Å². The van der Waals surface area contributed by atoms with Crippen LogP contribution in [-0.2, 0) is 13.0 Å². The summed E-state index contributed by atoms with van der Waals surface area (Å²) >= 11 is 0. The third-order valence-corrected chi connectivity index (χ3v) is 5.00. The molecule has 0 aliphatic carbocycles. The molecule has 0 fully saturated rings. The van der Waals surface area contributed by atoms with E-state index in [0.717, 1.165) is 54.0 Å². The van der Waals surface area contributed by atoms with Crippen molar-refractivity contribution in [2.75, 3.05) is 0 Å². The van der Waals surface area contributed by atoms with E-state index in [0.29, 0.717) is 18.7 Å². The molecule has 0 bridgehead atoms. The molecule has 0 aliphatic heterocycles. The minimum absolute atomic E-state index is 0.0109. The fourth-order valence-electron chi connectivity index (χ4n) is 3.32. The molecule has 1 aromatic carbocycles. The van der Waals surface area contributed by atoms with Crippen LogP contribution in [0.25, 0.3) is 11.3 Å². The topological polar surface area (TPSA) is 125 Å². The summed E-state index contributed by atoms with van der Waals surface area (Å²) in [7, 11) is 0. The van der Waals surface area contributed by atoms with Gasteiger partial charge in [0.05, 0.1) is 5.69 Å². The first-order chi connectivity index (χ1) is 15.1. The molecule has 2 aromatic heterocycles. The Hall–Kier alpha value is -3.55. The van der Waals surface area contributed by atoms with E-state index in [9.17, 15) is 4.79 Å². The molecule has 0 saturated heterocycles. The number of rotatable bonds is 10. The van der Waals surface area contributed by atoms with Crippen molar-refractivity contribution in [1.29, 1.82) is 0 Å². The largest absolute Gasteiger partial charge is 0.382 e. The molecule has 8 heteroatoms. The number of aromatic nitrogens is 4. The van der Waals surface area contributed by atoms with Gasteiger partial charge in [-0.3, -0.25) is 9.78 Å². The minimum Gasteiger partial charge on any atom is -0.382 e. The van der Waals surface area contributed by atoms with Gasteiger partial charge in [-0.2, -0.15) is 5.10 Å². The van der Waals surface area contributed by atoms with Gasteiger partial charge < -0.3 is 11.6 Å². The van der Waals surface area contributed by atoms with Gasteiger partial charge in [0, 0.05) is 36.7 Å². The summed E-state index contributed by atoms with van der Waals surface area (Å²) in [5.41, 5.74) is 9.28. The van der Waals surface area contributed by atoms with E-state index in [1.54, 1.807) is 0 Å². The average Bonchev–Trinajstić information content (AvgIpc) is 3.20. The maximum atomic E-state index is 12.3. The van der Waals surface area contributed by atoms with Crippen molar-refractivity contribution in [1.82, 2.24) is 19.7 Å². The van der Waals surface area contributed by atoms with Gasteiger partial charge in [-0.1, -0.05) is 50.6 Å². The lowest BCUT2D eigenvalue weighted by Gasteiger charge is -2.09. The molecule has 31 heavy (non-hydrogen) atoms.